The van der Waals surface area contributed by atoms with Gasteiger partial charge in [0.1, 0.15) is 5.75 Å². The molecule has 9 heteroatoms. The van der Waals surface area contributed by atoms with Crippen LogP contribution in [0.2, 0.25) is 0 Å². The monoisotopic (exact) mass is 637 g/mol. The van der Waals surface area contributed by atoms with Crippen molar-refractivity contribution in [2.75, 3.05) is 18.4 Å². The number of pyridine rings is 1. The Balaban J connectivity index is 1.18. The Bertz CT molecular complexity index is 1580. The van der Waals surface area contributed by atoms with E-state index in [1.807, 2.05) is 30.6 Å². The summed E-state index contributed by atoms with van der Waals surface area (Å²) in [6.07, 6.45) is 2.73. The predicted molar refractivity (Wildman–Crippen MR) is 161 cm³/mol. The minimum atomic E-state index is -4.72. The van der Waals surface area contributed by atoms with Gasteiger partial charge < -0.3 is 10.1 Å². The number of nitrogens with zero attached hydrogens (tertiary/aromatic N) is 2. The zero-order chi connectivity index (χ0) is 29.3. The molecule has 5 nitrogen and oxygen atoms in total. The van der Waals surface area contributed by atoms with Crippen molar-refractivity contribution in [2.45, 2.75) is 50.6 Å². The standard InChI is InChI=1S/C33H31BrF3N3O2/c34-26-8-11-29-30(18-26)39-32(13-16-40(17-14-32)21-25-3-1-2-24-20-38-15-12-28(24)25)19-23(31(29)41)7-4-22-5-9-27(10-6-22)42-33(35,36)37/h1-3,5-6,8-12,15,18,20,23,39H,4,7,13-14,16-17,19,21H2. The first kappa shape index (κ1) is 28.7. The van der Waals surface area contributed by atoms with Gasteiger partial charge in [-0.15, -0.1) is 13.2 Å². The highest BCUT2D eigenvalue weighted by Gasteiger charge is 2.42. The number of carbonyl (C=O) groups excluding carboxylic acids is 1. The lowest BCUT2D eigenvalue weighted by molar-refractivity contribution is -0.274. The van der Waals surface area contributed by atoms with Gasteiger partial charge in [-0.1, -0.05) is 46.3 Å². The van der Waals surface area contributed by atoms with Crippen molar-refractivity contribution in [3.63, 3.8) is 0 Å². The third kappa shape index (κ3) is 6.47. The summed E-state index contributed by atoms with van der Waals surface area (Å²) in [6, 6.07) is 20.1. The third-order valence-corrected chi connectivity index (χ3v) is 9.06. The quantitative estimate of drug-likeness (QED) is 0.231. The molecule has 2 aliphatic rings. The van der Waals surface area contributed by atoms with Crippen molar-refractivity contribution in [1.29, 1.82) is 0 Å². The minimum Gasteiger partial charge on any atom is -0.406 e. The summed E-state index contributed by atoms with van der Waals surface area (Å²) in [4.78, 5) is 20.6. The molecule has 1 unspecified atom stereocenters. The lowest BCUT2D eigenvalue weighted by Crippen LogP contribution is -2.49. The number of hydrogen-bond donors (Lipinski definition) is 1. The van der Waals surface area contributed by atoms with E-state index in [1.165, 1.54) is 23.1 Å². The second kappa shape index (κ2) is 11.7. The zero-order valence-corrected chi connectivity index (χ0v) is 24.5. The third-order valence-electron chi connectivity index (χ3n) is 8.57. The van der Waals surface area contributed by atoms with Crippen LogP contribution in [0.3, 0.4) is 0 Å². The van der Waals surface area contributed by atoms with Gasteiger partial charge >= 0.3 is 6.36 Å². The van der Waals surface area contributed by atoms with E-state index < -0.39 is 6.36 Å². The Labute approximate surface area is 251 Å². The molecule has 1 fully saturated rings. The van der Waals surface area contributed by atoms with Gasteiger partial charge in [0, 0.05) is 64.6 Å². The first-order chi connectivity index (χ1) is 20.2. The molecule has 42 heavy (non-hydrogen) atoms. The smallest absolute Gasteiger partial charge is 0.406 e. The molecule has 3 heterocycles. The van der Waals surface area contributed by atoms with Crippen LogP contribution in [0.15, 0.2) is 83.6 Å². The number of anilines is 1. The molecule has 1 spiro atoms. The van der Waals surface area contributed by atoms with E-state index in [4.69, 9.17) is 0 Å². The maximum Gasteiger partial charge on any atom is 0.573 e. The van der Waals surface area contributed by atoms with Crippen LogP contribution in [0.4, 0.5) is 18.9 Å². The topological polar surface area (TPSA) is 54.5 Å². The number of piperidine rings is 1. The van der Waals surface area contributed by atoms with Gasteiger partial charge in [-0.2, -0.15) is 0 Å². The molecule has 0 radical (unpaired) electrons. The maximum absolute atomic E-state index is 13.8. The van der Waals surface area contributed by atoms with Gasteiger partial charge in [-0.25, -0.2) is 0 Å². The molecule has 6 rings (SSSR count). The number of fused-ring (bicyclic) bond motifs is 2. The van der Waals surface area contributed by atoms with E-state index in [0.29, 0.717) is 24.8 Å². The summed E-state index contributed by atoms with van der Waals surface area (Å²) >= 11 is 3.57. The van der Waals surface area contributed by atoms with Gasteiger partial charge in [0.15, 0.2) is 5.78 Å². The van der Waals surface area contributed by atoms with Crippen molar-refractivity contribution in [3.05, 3.63) is 100 Å². The lowest BCUT2D eigenvalue weighted by Gasteiger charge is -2.43. The Morgan fingerprint density at radius 2 is 1.83 bits per heavy atom. The molecule has 0 bridgehead atoms. The maximum atomic E-state index is 13.8. The summed E-state index contributed by atoms with van der Waals surface area (Å²) in [6.45, 7) is 2.66. The summed E-state index contributed by atoms with van der Waals surface area (Å²) < 4.78 is 42.6. The minimum absolute atomic E-state index is 0.116. The van der Waals surface area contributed by atoms with E-state index >= 15 is 0 Å². The van der Waals surface area contributed by atoms with Crippen LogP contribution in [0.25, 0.3) is 10.8 Å². The van der Waals surface area contributed by atoms with Gasteiger partial charge in [0.05, 0.1) is 0 Å². The first-order valence-electron chi connectivity index (χ1n) is 14.2. The van der Waals surface area contributed by atoms with E-state index in [9.17, 15) is 18.0 Å². The fourth-order valence-corrected chi connectivity index (χ4v) is 6.79. The van der Waals surface area contributed by atoms with Gasteiger partial charge in [0.25, 0.3) is 0 Å². The van der Waals surface area contributed by atoms with Crippen LogP contribution in [0, 0.1) is 5.92 Å². The average molecular weight is 639 g/mol. The number of Topliss-reactive ketones (excluding diaryl/α,β-unsaturated/α-hetero) is 1. The van der Waals surface area contributed by atoms with Crippen LogP contribution in [-0.2, 0) is 13.0 Å². The number of aromatic nitrogens is 1. The molecular weight excluding hydrogens is 607 g/mol. The molecule has 218 valence electrons. The predicted octanol–water partition coefficient (Wildman–Crippen LogP) is 8.18. The fraction of sp³-hybridized carbons (Fsp3) is 0.333. The number of ether oxygens (including phenoxy) is 1. The van der Waals surface area contributed by atoms with Crippen LogP contribution in [0.1, 0.15) is 47.2 Å². The normalized spacial score (nSPS) is 18.9. The Morgan fingerprint density at radius 3 is 2.60 bits per heavy atom. The van der Waals surface area contributed by atoms with Crippen molar-refractivity contribution in [1.82, 2.24) is 9.88 Å². The van der Waals surface area contributed by atoms with Crippen LogP contribution in [0.5, 0.6) is 5.75 Å². The highest BCUT2D eigenvalue weighted by atomic mass is 79.9. The van der Waals surface area contributed by atoms with E-state index in [0.717, 1.165) is 53.6 Å². The molecule has 3 aromatic carbocycles. The first-order valence-corrected chi connectivity index (χ1v) is 15.0. The number of likely N-dealkylation sites (tertiary alicyclic amines) is 1. The van der Waals surface area contributed by atoms with Crippen LogP contribution < -0.4 is 10.1 Å². The molecule has 1 atom stereocenters. The molecule has 1 N–H and O–H groups in total. The zero-order valence-electron chi connectivity index (χ0n) is 23.0. The van der Waals surface area contributed by atoms with Crippen molar-refractivity contribution >= 4 is 38.2 Å². The highest BCUT2D eigenvalue weighted by Crippen LogP contribution is 2.41. The summed E-state index contributed by atoms with van der Waals surface area (Å²) in [5.74, 6) is -0.333. The summed E-state index contributed by atoms with van der Waals surface area (Å²) in [5.41, 5.74) is 3.49. The number of benzene rings is 3. The number of hydrogen-bond acceptors (Lipinski definition) is 5. The number of carbonyl (C=O) groups is 1. The molecule has 0 saturated carbocycles. The summed E-state index contributed by atoms with van der Waals surface area (Å²) in [5, 5.41) is 6.17. The number of halogens is 4. The van der Waals surface area contributed by atoms with Gasteiger partial charge in [0.2, 0.25) is 0 Å². The highest BCUT2D eigenvalue weighted by molar-refractivity contribution is 9.10. The molecule has 1 aromatic heterocycles. The molecular formula is C33H31BrF3N3O2. The van der Waals surface area contributed by atoms with Gasteiger partial charge in [-0.3, -0.25) is 14.7 Å². The lowest BCUT2D eigenvalue weighted by atomic mass is 9.77. The number of alkyl halides is 3. The van der Waals surface area contributed by atoms with E-state index in [1.54, 1.807) is 12.1 Å². The fourth-order valence-electron chi connectivity index (χ4n) is 6.42. The van der Waals surface area contributed by atoms with Crippen LogP contribution >= 0.6 is 15.9 Å². The number of aryl methyl sites for hydroxylation is 1. The Kier molecular flexibility index (Phi) is 7.98. The average Bonchev–Trinajstić information content (AvgIpc) is 3.07. The van der Waals surface area contributed by atoms with Gasteiger partial charge in [-0.05, 0) is 85.0 Å². The van der Waals surface area contributed by atoms with Crippen molar-refractivity contribution in [2.24, 2.45) is 5.92 Å². The van der Waals surface area contributed by atoms with Crippen molar-refractivity contribution < 1.29 is 22.7 Å². The van der Waals surface area contributed by atoms with Crippen LogP contribution in [-0.4, -0.2) is 40.7 Å². The van der Waals surface area contributed by atoms with E-state index in [2.05, 4.69) is 60.1 Å². The number of nitrogens with one attached hydrogen (secondary N) is 1. The Morgan fingerprint density at radius 1 is 1.05 bits per heavy atom. The molecule has 2 aliphatic heterocycles. The molecule has 0 amide bonds. The molecule has 0 aliphatic carbocycles. The molecule has 4 aromatic rings. The molecule has 1 saturated heterocycles. The van der Waals surface area contributed by atoms with Crippen molar-refractivity contribution in [3.8, 4) is 5.75 Å². The number of rotatable bonds is 6. The second-order valence-corrected chi connectivity index (χ2v) is 12.3. The SMILES string of the molecule is O=C1c2ccc(Br)cc2NC2(CCN(Cc3cccc4cnccc34)CC2)CC1CCc1ccc(OC(F)(F)F)cc1. The largest absolute Gasteiger partial charge is 0.573 e. The number of ketones is 1. The Hall–Kier alpha value is -3.43. The second-order valence-electron chi connectivity index (χ2n) is 11.4. The van der Waals surface area contributed by atoms with E-state index in [-0.39, 0.29) is 23.0 Å². The summed E-state index contributed by atoms with van der Waals surface area (Å²) in [7, 11) is 0.